The van der Waals surface area contributed by atoms with Gasteiger partial charge in [-0.25, -0.2) is 15.0 Å². The van der Waals surface area contributed by atoms with E-state index >= 15 is 0 Å². The first-order chi connectivity index (χ1) is 14.3. The van der Waals surface area contributed by atoms with Crippen molar-refractivity contribution in [3.8, 4) is 11.8 Å². The molecule has 0 radical (unpaired) electrons. The van der Waals surface area contributed by atoms with Crippen molar-refractivity contribution in [3.63, 3.8) is 0 Å². The van der Waals surface area contributed by atoms with Crippen LogP contribution in [0, 0.1) is 0 Å². The van der Waals surface area contributed by atoms with Gasteiger partial charge in [0.25, 0.3) is 5.91 Å². The second-order valence-electron chi connectivity index (χ2n) is 5.65. The van der Waals surface area contributed by atoms with Crippen molar-refractivity contribution in [2.24, 2.45) is 0 Å². The molecule has 2 aromatic heterocycles. The number of methoxy groups -OCH3 is 2. The van der Waals surface area contributed by atoms with Gasteiger partial charge in [-0.1, -0.05) is 41.7 Å². The molecular formula is C18H15F3N4O3S2. The number of alkyl halides is 3. The van der Waals surface area contributed by atoms with E-state index in [1.165, 1.54) is 14.2 Å². The summed E-state index contributed by atoms with van der Waals surface area (Å²) in [5, 5.41) is 2.14. The lowest BCUT2D eigenvalue weighted by atomic mass is 10.2. The summed E-state index contributed by atoms with van der Waals surface area (Å²) in [7, 11) is 2.59. The van der Waals surface area contributed by atoms with Gasteiger partial charge in [0.2, 0.25) is 11.8 Å². The summed E-state index contributed by atoms with van der Waals surface area (Å²) in [5.41, 5.74) is -0.331. The largest absolute Gasteiger partial charge is 0.480 e. The number of thioether (sulfide) groups is 1. The molecule has 0 aliphatic heterocycles. The SMILES string of the molecule is COc1ncnc(OC)c1C(=O)Nc1nc(C(F)(F)F)c(SCc2ccccc2)s1. The first kappa shape index (κ1) is 21.8. The van der Waals surface area contributed by atoms with Gasteiger partial charge in [0.15, 0.2) is 16.4 Å². The highest BCUT2D eigenvalue weighted by Gasteiger charge is 2.38. The molecule has 0 saturated carbocycles. The lowest BCUT2D eigenvalue weighted by molar-refractivity contribution is -0.142. The Bertz CT molecular complexity index is 1010. The van der Waals surface area contributed by atoms with Crippen LogP contribution < -0.4 is 14.8 Å². The van der Waals surface area contributed by atoms with Crippen LogP contribution in [0.4, 0.5) is 18.3 Å². The van der Waals surface area contributed by atoms with E-state index in [1.807, 2.05) is 30.3 Å². The molecule has 0 bridgehead atoms. The summed E-state index contributed by atoms with van der Waals surface area (Å²) in [5.74, 6) is -0.629. The molecule has 0 spiro atoms. The number of carbonyl (C=O) groups is 1. The Morgan fingerprint density at radius 3 is 2.33 bits per heavy atom. The van der Waals surface area contributed by atoms with Crippen molar-refractivity contribution in [2.75, 3.05) is 19.5 Å². The second-order valence-corrected chi connectivity index (χ2v) is 7.89. The number of ether oxygens (including phenoxy) is 2. The number of benzene rings is 1. The lowest BCUT2D eigenvalue weighted by Crippen LogP contribution is -2.16. The van der Waals surface area contributed by atoms with Crippen LogP contribution in [0.25, 0.3) is 0 Å². The molecule has 0 aliphatic rings. The van der Waals surface area contributed by atoms with Gasteiger partial charge < -0.3 is 9.47 Å². The summed E-state index contributed by atoms with van der Waals surface area (Å²) in [6.07, 6.45) is -3.53. The number of nitrogens with zero attached hydrogens (tertiary/aromatic N) is 3. The Labute approximate surface area is 177 Å². The van der Waals surface area contributed by atoms with E-state index in [2.05, 4.69) is 20.3 Å². The Morgan fingerprint density at radius 2 is 1.77 bits per heavy atom. The molecule has 12 heteroatoms. The topological polar surface area (TPSA) is 86.2 Å². The molecule has 30 heavy (non-hydrogen) atoms. The Morgan fingerprint density at radius 1 is 1.13 bits per heavy atom. The fraction of sp³-hybridized carbons (Fsp3) is 0.222. The fourth-order valence-corrected chi connectivity index (χ4v) is 4.53. The molecule has 1 N–H and O–H groups in total. The maximum atomic E-state index is 13.4. The molecular weight excluding hydrogens is 441 g/mol. The maximum absolute atomic E-state index is 13.4. The van der Waals surface area contributed by atoms with Crippen LogP contribution in [0.3, 0.4) is 0 Å². The zero-order valence-electron chi connectivity index (χ0n) is 15.7. The molecule has 1 aromatic carbocycles. The molecule has 0 saturated heterocycles. The molecule has 0 fully saturated rings. The normalized spacial score (nSPS) is 11.2. The van der Waals surface area contributed by atoms with E-state index < -0.39 is 17.8 Å². The third kappa shape index (κ3) is 5.00. The van der Waals surface area contributed by atoms with Gasteiger partial charge in [0, 0.05) is 5.75 Å². The average Bonchev–Trinajstić information content (AvgIpc) is 3.15. The number of halogens is 3. The van der Waals surface area contributed by atoms with Gasteiger partial charge in [-0.15, -0.1) is 11.8 Å². The fourth-order valence-electron chi connectivity index (χ4n) is 2.38. The molecule has 3 rings (SSSR count). The molecule has 0 unspecified atom stereocenters. The zero-order valence-corrected chi connectivity index (χ0v) is 17.3. The monoisotopic (exact) mass is 456 g/mol. The van der Waals surface area contributed by atoms with Crippen LogP contribution in [-0.2, 0) is 11.9 Å². The van der Waals surface area contributed by atoms with Gasteiger partial charge >= 0.3 is 6.18 Å². The Hall–Kier alpha value is -2.86. The summed E-state index contributed by atoms with van der Waals surface area (Å²) >= 11 is 1.73. The number of thiazole rings is 1. The number of carbonyl (C=O) groups excluding carboxylic acids is 1. The maximum Gasteiger partial charge on any atom is 0.435 e. The van der Waals surface area contributed by atoms with Crippen LogP contribution in [0.1, 0.15) is 21.6 Å². The zero-order chi connectivity index (χ0) is 21.7. The average molecular weight is 456 g/mol. The van der Waals surface area contributed by atoms with Crippen molar-refractivity contribution < 1.29 is 27.4 Å². The Kier molecular flexibility index (Phi) is 6.77. The minimum absolute atomic E-state index is 0.0510. The van der Waals surface area contributed by atoms with Crippen LogP contribution >= 0.6 is 23.1 Å². The first-order valence-electron chi connectivity index (χ1n) is 8.32. The van der Waals surface area contributed by atoms with E-state index in [9.17, 15) is 18.0 Å². The minimum Gasteiger partial charge on any atom is -0.480 e. The van der Waals surface area contributed by atoms with Gasteiger partial charge in [-0.3, -0.25) is 10.1 Å². The number of hydrogen-bond donors (Lipinski definition) is 1. The van der Waals surface area contributed by atoms with Gasteiger partial charge in [-0.2, -0.15) is 13.2 Å². The molecule has 0 aliphatic carbocycles. The van der Waals surface area contributed by atoms with Crippen molar-refractivity contribution in [1.29, 1.82) is 0 Å². The predicted molar refractivity (Wildman–Crippen MR) is 106 cm³/mol. The third-order valence-corrected chi connectivity index (χ3v) is 5.99. The summed E-state index contributed by atoms with van der Waals surface area (Å²) in [4.78, 5) is 23.9. The number of amides is 1. The van der Waals surface area contributed by atoms with Gasteiger partial charge in [-0.05, 0) is 5.56 Å². The first-order valence-corrected chi connectivity index (χ1v) is 10.1. The second kappa shape index (κ2) is 9.30. The molecule has 2 heterocycles. The van der Waals surface area contributed by atoms with Crippen molar-refractivity contribution in [2.45, 2.75) is 16.1 Å². The van der Waals surface area contributed by atoms with Crippen LogP contribution in [0.2, 0.25) is 0 Å². The van der Waals surface area contributed by atoms with E-state index in [1.54, 1.807) is 0 Å². The molecule has 158 valence electrons. The number of rotatable bonds is 7. The van der Waals surface area contributed by atoms with Gasteiger partial charge in [0.05, 0.1) is 18.4 Å². The van der Waals surface area contributed by atoms with E-state index in [0.717, 1.165) is 35.0 Å². The van der Waals surface area contributed by atoms with E-state index in [0.29, 0.717) is 5.75 Å². The predicted octanol–water partition coefficient (Wildman–Crippen LogP) is 4.51. The highest BCUT2D eigenvalue weighted by atomic mass is 32.2. The Balaban J connectivity index is 1.86. The summed E-state index contributed by atoms with van der Waals surface area (Å²) < 4.78 is 50.3. The molecule has 7 nitrogen and oxygen atoms in total. The standard InChI is InChI=1S/C18H15F3N4O3S2/c1-27-14-11(15(28-2)23-9-22-14)13(26)25-17-24-12(18(19,20)21)16(30-17)29-8-10-6-4-3-5-7-10/h3-7,9H,8H2,1-2H3,(H,24,25,26). The smallest absolute Gasteiger partial charge is 0.435 e. The number of nitrogens with one attached hydrogen (secondary N) is 1. The molecule has 1 amide bonds. The van der Waals surface area contributed by atoms with Crippen LogP contribution in [-0.4, -0.2) is 35.1 Å². The van der Waals surface area contributed by atoms with Gasteiger partial charge in [0.1, 0.15) is 6.33 Å². The van der Waals surface area contributed by atoms with Crippen LogP contribution in [0.5, 0.6) is 11.8 Å². The van der Waals surface area contributed by atoms with E-state index in [-0.39, 0.29) is 26.7 Å². The summed E-state index contributed by atoms with van der Waals surface area (Å²) in [6, 6.07) is 9.07. The van der Waals surface area contributed by atoms with E-state index in [4.69, 9.17) is 9.47 Å². The molecule has 0 atom stereocenters. The highest BCUT2D eigenvalue weighted by Crippen LogP contribution is 2.42. The van der Waals surface area contributed by atoms with Crippen molar-refractivity contribution in [1.82, 2.24) is 15.0 Å². The number of hydrogen-bond acceptors (Lipinski definition) is 8. The number of aromatic nitrogens is 3. The summed E-state index contributed by atoms with van der Waals surface area (Å²) in [6.45, 7) is 0. The highest BCUT2D eigenvalue weighted by molar-refractivity contribution is 8.00. The minimum atomic E-state index is -4.66. The quantitative estimate of drug-likeness (QED) is 0.524. The van der Waals surface area contributed by atoms with Crippen LogP contribution in [0.15, 0.2) is 40.9 Å². The lowest BCUT2D eigenvalue weighted by Gasteiger charge is -2.09. The molecule has 3 aromatic rings. The van der Waals surface area contributed by atoms with Crippen molar-refractivity contribution in [3.05, 3.63) is 53.5 Å². The third-order valence-electron chi connectivity index (χ3n) is 3.69. The van der Waals surface area contributed by atoms with Crippen molar-refractivity contribution >= 4 is 34.1 Å². The number of anilines is 1.